The summed E-state index contributed by atoms with van der Waals surface area (Å²) >= 11 is 0. The Morgan fingerprint density at radius 2 is 1.97 bits per heavy atom. The maximum Gasteiger partial charge on any atom is 0.305 e. The van der Waals surface area contributed by atoms with Crippen LogP contribution in [0, 0.1) is 6.92 Å². The lowest BCUT2D eigenvalue weighted by molar-refractivity contribution is -0.137. The molecule has 1 unspecified atom stereocenters. The van der Waals surface area contributed by atoms with Crippen LogP contribution in [0.2, 0.25) is 0 Å². The minimum Gasteiger partial charge on any atom is -0.481 e. The number of nitrogens with one attached hydrogen (secondary N) is 2. The summed E-state index contributed by atoms with van der Waals surface area (Å²) in [7, 11) is 0. The SMILES string of the molecule is CCc1nc2c(C(=O)NC(CC(=O)O)c3cccc(C)c3)cccn2c1NC1CCCCC1. The van der Waals surface area contributed by atoms with Crippen molar-refractivity contribution in [3.63, 3.8) is 0 Å². The number of amides is 1. The molecule has 1 fully saturated rings. The Hall–Kier alpha value is -3.35. The van der Waals surface area contributed by atoms with Crippen molar-refractivity contribution in [3.8, 4) is 0 Å². The summed E-state index contributed by atoms with van der Waals surface area (Å²) in [5, 5.41) is 16.0. The molecular weight excluding hydrogens is 416 g/mol. The number of aryl methyl sites for hydroxylation is 2. The number of carbonyl (C=O) groups is 2. The van der Waals surface area contributed by atoms with E-state index in [1.54, 1.807) is 6.07 Å². The maximum atomic E-state index is 13.3. The zero-order chi connectivity index (χ0) is 23.4. The highest BCUT2D eigenvalue weighted by atomic mass is 16.4. The van der Waals surface area contributed by atoms with Crippen LogP contribution in [-0.2, 0) is 11.2 Å². The highest BCUT2D eigenvalue weighted by molar-refractivity contribution is 6.00. The number of aromatic nitrogens is 2. The van der Waals surface area contributed by atoms with Crippen LogP contribution in [0.15, 0.2) is 42.6 Å². The van der Waals surface area contributed by atoms with Gasteiger partial charge in [-0.25, -0.2) is 4.98 Å². The van der Waals surface area contributed by atoms with E-state index in [0.717, 1.165) is 41.9 Å². The molecule has 1 saturated carbocycles. The van der Waals surface area contributed by atoms with Gasteiger partial charge in [-0.05, 0) is 43.9 Å². The van der Waals surface area contributed by atoms with Gasteiger partial charge >= 0.3 is 5.97 Å². The molecule has 33 heavy (non-hydrogen) atoms. The van der Waals surface area contributed by atoms with E-state index in [-0.39, 0.29) is 12.3 Å². The number of nitrogens with zero attached hydrogens (tertiary/aromatic N) is 2. The Balaban J connectivity index is 1.65. The maximum absolute atomic E-state index is 13.3. The number of carboxylic acid groups (broad SMARTS) is 1. The molecule has 7 heteroatoms. The average Bonchev–Trinajstić information content (AvgIpc) is 3.16. The number of hydrogen-bond acceptors (Lipinski definition) is 4. The fraction of sp³-hybridized carbons (Fsp3) is 0.423. The van der Waals surface area contributed by atoms with E-state index in [9.17, 15) is 14.7 Å². The smallest absolute Gasteiger partial charge is 0.305 e. The molecule has 0 aliphatic heterocycles. The van der Waals surface area contributed by atoms with E-state index in [0.29, 0.717) is 17.3 Å². The number of pyridine rings is 1. The highest BCUT2D eigenvalue weighted by Crippen LogP contribution is 2.27. The van der Waals surface area contributed by atoms with Gasteiger partial charge in [-0.15, -0.1) is 0 Å². The van der Waals surface area contributed by atoms with Crippen molar-refractivity contribution in [2.24, 2.45) is 0 Å². The fourth-order valence-electron chi connectivity index (χ4n) is 4.68. The summed E-state index contributed by atoms with van der Waals surface area (Å²) in [6, 6.07) is 10.9. The molecule has 1 amide bonds. The van der Waals surface area contributed by atoms with E-state index >= 15 is 0 Å². The molecule has 1 aromatic carbocycles. The first-order valence-electron chi connectivity index (χ1n) is 11.8. The standard InChI is InChI=1S/C26H32N4O3/c1-3-21-25(27-19-11-5-4-6-12-19)30-14-8-13-20(24(30)28-21)26(33)29-22(16-23(31)32)18-10-7-9-17(2)15-18/h7-10,13-15,19,22,27H,3-6,11-12,16H2,1-2H3,(H,29,33)(H,31,32). The lowest BCUT2D eigenvalue weighted by Crippen LogP contribution is -2.30. The molecule has 0 spiro atoms. The first-order valence-corrected chi connectivity index (χ1v) is 11.8. The van der Waals surface area contributed by atoms with Gasteiger partial charge in [0.2, 0.25) is 0 Å². The molecule has 4 rings (SSSR count). The molecule has 2 aromatic heterocycles. The molecule has 0 saturated heterocycles. The number of fused-ring (bicyclic) bond motifs is 1. The quantitative estimate of drug-likeness (QED) is 0.456. The lowest BCUT2D eigenvalue weighted by Gasteiger charge is -2.24. The number of benzene rings is 1. The van der Waals surface area contributed by atoms with Crippen molar-refractivity contribution in [1.29, 1.82) is 0 Å². The molecule has 1 aliphatic carbocycles. The predicted octanol–water partition coefficient (Wildman–Crippen LogP) is 4.90. The highest BCUT2D eigenvalue weighted by Gasteiger charge is 2.23. The van der Waals surface area contributed by atoms with Gasteiger partial charge in [-0.2, -0.15) is 0 Å². The third-order valence-electron chi connectivity index (χ3n) is 6.38. The molecule has 1 aliphatic rings. The van der Waals surface area contributed by atoms with Gasteiger partial charge in [0, 0.05) is 12.2 Å². The van der Waals surface area contributed by atoms with Gasteiger partial charge < -0.3 is 15.7 Å². The molecular formula is C26H32N4O3. The van der Waals surface area contributed by atoms with Crippen molar-refractivity contribution >= 4 is 23.3 Å². The second-order valence-electron chi connectivity index (χ2n) is 8.89. The molecule has 174 valence electrons. The number of anilines is 1. The molecule has 3 aromatic rings. The van der Waals surface area contributed by atoms with Crippen LogP contribution in [0.1, 0.15) is 78.7 Å². The number of hydrogen-bond donors (Lipinski definition) is 3. The van der Waals surface area contributed by atoms with Crippen molar-refractivity contribution in [2.75, 3.05) is 5.32 Å². The van der Waals surface area contributed by atoms with Crippen LogP contribution in [0.3, 0.4) is 0 Å². The summed E-state index contributed by atoms with van der Waals surface area (Å²) in [5.41, 5.74) is 3.74. The number of rotatable bonds is 8. The summed E-state index contributed by atoms with van der Waals surface area (Å²) in [4.78, 5) is 29.6. The normalized spacial score (nSPS) is 15.3. The average molecular weight is 449 g/mol. The van der Waals surface area contributed by atoms with Crippen LogP contribution in [-0.4, -0.2) is 32.4 Å². The molecule has 1 atom stereocenters. The topological polar surface area (TPSA) is 95.7 Å². The van der Waals surface area contributed by atoms with E-state index in [1.165, 1.54) is 19.3 Å². The Labute approximate surface area is 194 Å². The predicted molar refractivity (Wildman–Crippen MR) is 129 cm³/mol. The van der Waals surface area contributed by atoms with Gasteiger partial charge in [-0.1, -0.05) is 56.0 Å². The first kappa shape index (κ1) is 22.8. The van der Waals surface area contributed by atoms with E-state index in [2.05, 4.69) is 17.6 Å². The summed E-state index contributed by atoms with van der Waals surface area (Å²) < 4.78 is 1.96. The van der Waals surface area contributed by atoms with Gasteiger partial charge in [0.25, 0.3) is 5.91 Å². The fourth-order valence-corrected chi connectivity index (χ4v) is 4.68. The van der Waals surface area contributed by atoms with Crippen molar-refractivity contribution in [2.45, 2.75) is 70.9 Å². The van der Waals surface area contributed by atoms with E-state index in [1.807, 2.05) is 47.9 Å². The summed E-state index contributed by atoms with van der Waals surface area (Å²) in [6.45, 7) is 4.01. The number of imidazole rings is 1. The first-order chi connectivity index (χ1) is 16.0. The monoisotopic (exact) mass is 448 g/mol. The number of aliphatic carboxylic acids is 1. The van der Waals surface area contributed by atoms with Gasteiger partial charge in [0.15, 0.2) is 5.65 Å². The minimum atomic E-state index is -0.965. The van der Waals surface area contributed by atoms with Crippen LogP contribution in [0.5, 0.6) is 0 Å². The Morgan fingerprint density at radius 3 is 2.67 bits per heavy atom. The zero-order valence-corrected chi connectivity index (χ0v) is 19.3. The van der Waals surface area contributed by atoms with E-state index < -0.39 is 12.0 Å². The van der Waals surface area contributed by atoms with Gasteiger partial charge in [0.1, 0.15) is 5.82 Å². The second-order valence-corrected chi connectivity index (χ2v) is 8.89. The van der Waals surface area contributed by atoms with Crippen LogP contribution in [0.25, 0.3) is 5.65 Å². The van der Waals surface area contributed by atoms with Gasteiger partial charge in [0.05, 0.1) is 23.7 Å². The third-order valence-corrected chi connectivity index (χ3v) is 6.38. The molecule has 7 nitrogen and oxygen atoms in total. The van der Waals surface area contributed by atoms with Crippen LogP contribution >= 0.6 is 0 Å². The summed E-state index contributed by atoms with van der Waals surface area (Å²) in [5.74, 6) is -0.340. The molecule has 0 radical (unpaired) electrons. The van der Waals surface area contributed by atoms with Crippen molar-refractivity contribution in [3.05, 3.63) is 65.0 Å². The van der Waals surface area contributed by atoms with Gasteiger partial charge in [-0.3, -0.25) is 14.0 Å². The van der Waals surface area contributed by atoms with Crippen LogP contribution < -0.4 is 10.6 Å². The van der Waals surface area contributed by atoms with E-state index in [4.69, 9.17) is 4.98 Å². The van der Waals surface area contributed by atoms with Crippen LogP contribution in [0.4, 0.5) is 5.82 Å². The summed E-state index contributed by atoms with van der Waals surface area (Å²) in [6.07, 6.45) is 8.52. The molecule has 0 bridgehead atoms. The molecule has 2 heterocycles. The molecule has 3 N–H and O–H groups in total. The Bertz CT molecular complexity index is 1150. The Morgan fingerprint density at radius 1 is 1.18 bits per heavy atom. The van der Waals surface area contributed by atoms with Crippen molar-refractivity contribution in [1.82, 2.24) is 14.7 Å². The zero-order valence-electron chi connectivity index (χ0n) is 19.3. The lowest BCUT2D eigenvalue weighted by atomic mass is 9.95. The van der Waals surface area contributed by atoms with Crippen molar-refractivity contribution < 1.29 is 14.7 Å². The third kappa shape index (κ3) is 5.18. The Kier molecular flexibility index (Phi) is 6.96. The minimum absolute atomic E-state index is 0.193. The largest absolute Gasteiger partial charge is 0.481 e. The number of carboxylic acids is 1. The second kappa shape index (κ2) is 10.1. The number of carbonyl (C=O) groups excluding carboxylic acids is 1.